The first-order valence-corrected chi connectivity index (χ1v) is 24.3. The summed E-state index contributed by atoms with van der Waals surface area (Å²) in [5.41, 5.74) is 5.84. The topological polar surface area (TPSA) is 160 Å². The summed E-state index contributed by atoms with van der Waals surface area (Å²) in [7, 11) is 0. The highest BCUT2D eigenvalue weighted by Gasteiger charge is 2.61. The van der Waals surface area contributed by atoms with E-state index in [9.17, 15) is 35.5 Å². The molecule has 8 saturated carbocycles. The fourth-order valence-electron chi connectivity index (χ4n) is 16.8. The number of aromatic hydroxyl groups is 4. The zero-order valence-electron chi connectivity index (χ0n) is 38.0. The van der Waals surface area contributed by atoms with Crippen molar-refractivity contribution < 1.29 is 45.4 Å². The molecule has 10 nitrogen and oxygen atoms in total. The van der Waals surface area contributed by atoms with Crippen molar-refractivity contribution in [3.05, 3.63) is 99.0 Å². The average molecular weight is 877 g/mol. The second-order valence-corrected chi connectivity index (χ2v) is 23.1. The standard InChI is InChI=1S/C54H69NO9/c1-31(2)41-7-5-33(25-56)11-43(41)49-45(58)13-39(14-46(49)59)53-21-35-9-36(22-53)18-51(17-35,27-53)29-63-55(62)64-30-52-19-37-10-38(20-52)24-54(23-37,28-52)40-15-47(60)50(48(61)16-40)44-12-34(26-57)6-8-42(44)32(3)4/h11-16,35-38,41-44,56-57H,1,3,5-10,17-30H2,2,4H3,(H3-,58,59,60,61)/p+1/t35?,36?,37?,38?,41-,42-,43+,44+,51?,52?,53?,54?/m1/s1. The van der Waals surface area contributed by atoms with E-state index in [-0.39, 0.29) is 94.8 Å². The van der Waals surface area contributed by atoms with Crippen LogP contribution in [0, 0.1) is 51.2 Å². The SMILES string of the molecule is C=C(C)[C@H]1CCC(CO)=C[C@@H]1c1c(O)cc(C23CC4CC(CC(CO[N+](=O)OCC56CC7CC(C5)CC(c5cc(O)c([C@H]8C=C(CO)CC[C@@H]8C(=C)C)c(O)c5)(C7)C6)(C4)C2)C3)cc1O. The first kappa shape index (κ1) is 43.6. The smallest absolute Gasteiger partial charge is 0.477 e. The Kier molecular flexibility index (Phi) is 10.9. The quantitative estimate of drug-likeness (QED) is 0.0802. The summed E-state index contributed by atoms with van der Waals surface area (Å²) >= 11 is 0. The molecular weight excluding hydrogens is 807 g/mol. The maximum Gasteiger partial charge on any atom is 0.477 e. The number of aliphatic hydroxyl groups excluding tert-OH is 2. The summed E-state index contributed by atoms with van der Waals surface area (Å²) in [5, 5.41) is 67.0. The summed E-state index contributed by atoms with van der Waals surface area (Å²) < 4.78 is 0. The van der Waals surface area contributed by atoms with Gasteiger partial charge in [-0.3, -0.25) is 0 Å². The second kappa shape index (κ2) is 16.0. The van der Waals surface area contributed by atoms with Crippen LogP contribution in [-0.4, -0.2) is 62.2 Å². The van der Waals surface area contributed by atoms with Crippen LogP contribution in [0.25, 0.3) is 0 Å². The second-order valence-electron chi connectivity index (χ2n) is 23.1. The summed E-state index contributed by atoms with van der Waals surface area (Å²) in [6.07, 6.45) is 18.9. The normalized spacial score (nSPS) is 38.1. The van der Waals surface area contributed by atoms with Gasteiger partial charge in [0.25, 0.3) is 0 Å². The van der Waals surface area contributed by atoms with E-state index in [0.717, 1.165) is 136 Å². The van der Waals surface area contributed by atoms with Crippen LogP contribution in [0.5, 0.6) is 23.0 Å². The Balaban J connectivity index is 0.832. The highest BCUT2D eigenvalue weighted by Crippen LogP contribution is 2.68. The van der Waals surface area contributed by atoms with E-state index >= 15 is 0 Å². The molecule has 0 spiro atoms. The summed E-state index contributed by atoms with van der Waals surface area (Å²) in [4.78, 5) is 25.7. The highest BCUT2D eigenvalue weighted by molar-refractivity contribution is 5.55. The number of hydrogen-bond acceptors (Lipinski definition) is 9. The van der Waals surface area contributed by atoms with Gasteiger partial charge in [-0.2, -0.15) is 9.68 Å². The van der Waals surface area contributed by atoms with Crippen LogP contribution in [0.15, 0.2) is 71.9 Å². The van der Waals surface area contributed by atoms with Gasteiger partial charge in [-0.1, -0.05) is 36.5 Å². The Bertz CT molecular complexity index is 2080. The number of aliphatic hydroxyl groups is 2. The Labute approximate surface area is 378 Å². The molecule has 10 aliphatic rings. The first-order valence-electron chi connectivity index (χ1n) is 24.3. The monoisotopic (exact) mass is 877 g/mol. The van der Waals surface area contributed by atoms with Crippen LogP contribution in [-0.2, 0) is 20.5 Å². The van der Waals surface area contributed by atoms with Crippen molar-refractivity contribution >= 4 is 0 Å². The number of phenols is 4. The van der Waals surface area contributed by atoms with Crippen molar-refractivity contribution in [2.24, 2.45) is 46.3 Å². The Morgan fingerprint density at radius 2 is 0.953 bits per heavy atom. The fraction of sp³-hybridized carbons (Fsp3) is 0.630. The molecule has 8 atom stereocenters. The van der Waals surface area contributed by atoms with E-state index in [1.165, 1.54) is 0 Å². The third-order valence-corrected chi connectivity index (χ3v) is 18.4. The Hall–Kier alpha value is -4.28. The maximum absolute atomic E-state index is 13.6. The third-order valence-electron chi connectivity index (χ3n) is 18.4. The van der Waals surface area contributed by atoms with Gasteiger partial charge in [-0.25, -0.2) is 0 Å². The molecule has 2 aromatic carbocycles. The van der Waals surface area contributed by atoms with Crippen molar-refractivity contribution in [3.63, 3.8) is 0 Å². The van der Waals surface area contributed by atoms with Crippen molar-refractivity contribution in [2.45, 2.75) is 139 Å². The minimum atomic E-state index is -0.264. The molecule has 0 heterocycles. The van der Waals surface area contributed by atoms with Gasteiger partial charge in [-0.05, 0) is 209 Å². The van der Waals surface area contributed by atoms with Gasteiger partial charge in [0.2, 0.25) is 0 Å². The molecule has 8 fully saturated rings. The molecule has 344 valence electrons. The van der Waals surface area contributed by atoms with Crippen molar-refractivity contribution in [1.82, 2.24) is 0 Å². The van der Waals surface area contributed by atoms with Gasteiger partial charge < -0.3 is 30.6 Å². The fourth-order valence-corrected chi connectivity index (χ4v) is 16.8. The van der Waals surface area contributed by atoms with Crippen LogP contribution >= 0.6 is 0 Å². The molecule has 6 N–H and O–H groups in total. The van der Waals surface area contributed by atoms with Crippen molar-refractivity contribution in [2.75, 3.05) is 26.4 Å². The van der Waals surface area contributed by atoms with Crippen LogP contribution in [0.3, 0.4) is 0 Å². The van der Waals surface area contributed by atoms with Gasteiger partial charge >= 0.3 is 5.09 Å². The average Bonchev–Trinajstić information content (AvgIpc) is 3.23. The molecule has 4 unspecified atom stereocenters. The first-order chi connectivity index (χ1) is 30.5. The number of phenolic OH excluding ortho intramolecular Hbond substituents is 4. The Morgan fingerprint density at radius 3 is 1.27 bits per heavy atom. The molecule has 0 aromatic heterocycles. The number of rotatable bonds is 14. The van der Waals surface area contributed by atoms with Crippen molar-refractivity contribution in [3.8, 4) is 23.0 Å². The van der Waals surface area contributed by atoms with E-state index in [1.807, 2.05) is 50.3 Å². The van der Waals surface area contributed by atoms with E-state index in [0.29, 0.717) is 39.9 Å². The van der Waals surface area contributed by atoms with Crippen LogP contribution in [0.4, 0.5) is 0 Å². The van der Waals surface area contributed by atoms with Gasteiger partial charge in [0.15, 0.2) is 13.2 Å². The van der Waals surface area contributed by atoms with Gasteiger partial charge in [0.05, 0.1) is 13.2 Å². The largest absolute Gasteiger partial charge is 0.507 e. The van der Waals surface area contributed by atoms with Crippen LogP contribution < -0.4 is 0 Å². The van der Waals surface area contributed by atoms with Crippen LogP contribution in [0.1, 0.15) is 151 Å². The number of allylic oxidation sites excluding steroid dienone is 4. The van der Waals surface area contributed by atoms with E-state index in [4.69, 9.17) is 9.68 Å². The minimum absolute atomic E-state index is 0.0404. The molecule has 8 bridgehead atoms. The molecule has 10 heteroatoms. The molecule has 0 radical (unpaired) electrons. The van der Waals surface area contributed by atoms with E-state index in [2.05, 4.69) is 13.2 Å². The van der Waals surface area contributed by atoms with Gasteiger partial charge in [0, 0.05) is 33.8 Å². The summed E-state index contributed by atoms with van der Waals surface area (Å²) in [6.45, 7) is 12.9. The number of nitrogens with zero attached hydrogens (tertiary/aromatic N) is 1. The predicted octanol–water partition coefficient (Wildman–Crippen LogP) is 10.5. The summed E-state index contributed by atoms with van der Waals surface area (Å²) in [6, 6.07) is 7.53. The molecule has 0 amide bonds. The zero-order valence-corrected chi connectivity index (χ0v) is 38.0. The number of hydrogen-bond donors (Lipinski definition) is 6. The van der Waals surface area contributed by atoms with Gasteiger partial charge in [-0.15, -0.1) is 0 Å². The lowest BCUT2D eigenvalue weighted by molar-refractivity contribution is -0.984. The number of benzene rings is 2. The molecule has 0 saturated heterocycles. The Morgan fingerprint density at radius 1 is 0.609 bits per heavy atom. The zero-order chi connectivity index (χ0) is 44.9. The van der Waals surface area contributed by atoms with E-state index in [1.54, 1.807) is 0 Å². The molecule has 2 aromatic rings. The molecule has 0 aliphatic heterocycles. The van der Waals surface area contributed by atoms with Crippen LogP contribution in [0.2, 0.25) is 0 Å². The lowest BCUT2D eigenvalue weighted by Gasteiger charge is -2.61. The molecular formula is C54H70NO9+. The van der Waals surface area contributed by atoms with Gasteiger partial charge in [0.1, 0.15) is 27.9 Å². The predicted molar refractivity (Wildman–Crippen MR) is 244 cm³/mol. The maximum atomic E-state index is 13.6. The molecule has 12 rings (SSSR count). The lowest BCUT2D eigenvalue weighted by Crippen LogP contribution is -2.56. The van der Waals surface area contributed by atoms with E-state index < -0.39 is 0 Å². The molecule has 64 heavy (non-hydrogen) atoms. The highest BCUT2D eigenvalue weighted by atomic mass is 17.0. The van der Waals surface area contributed by atoms with Crippen molar-refractivity contribution in [1.29, 1.82) is 0 Å². The lowest BCUT2D eigenvalue weighted by atomic mass is 9.43. The third kappa shape index (κ3) is 7.46. The minimum Gasteiger partial charge on any atom is -0.507 e. The summed E-state index contributed by atoms with van der Waals surface area (Å²) in [5.74, 6) is 1.82. The molecule has 10 aliphatic carbocycles.